The molecule has 1 aromatic carbocycles. The van der Waals surface area contributed by atoms with Crippen LogP contribution in [0.1, 0.15) is 18.4 Å². The molecule has 1 aromatic rings. The van der Waals surface area contributed by atoms with Gasteiger partial charge >= 0.3 is 0 Å². The van der Waals surface area contributed by atoms with Crippen molar-refractivity contribution in [2.24, 2.45) is 11.8 Å². The maximum atomic E-state index is 13.4. The molecule has 2 atom stereocenters. The van der Waals surface area contributed by atoms with Crippen molar-refractivity contribution in [1.29, 1.82) is 0 Å². The van der Waals surface area contributed by atoms with Gasteiger partial charge in [-0.05, 0) is 36.5 Å². The third kappa shape index (κ3) is 4.59. The van der Waals surface area contributed by atoms with E-state index < -0.39 is 0 Å². The molecule has 3 aliphatic heterocycles. The average molecular weight is 348 g/mol. The standard InChI is InChI=1S/C20H29FN2O2/c21-19-3-1-2-17(10-19)12-23-14-18-13-22(6-9-25-20(18)15-23)11-16-4-7-24-8-5-16/h1-3,10,16,18,20H,4-9,11-15H2/t18-,20+/m0/s1. The first-order valence-corrected chi connectivity index (χ1v) is 9.65. The molecule has 3 saturated heterocycles. The van der Waals surface area contributed by atoms with Crippen LogP contribution in [0.4, 0.5) is 4.39 Å². The molecule has 25 heavy (non-hydrogen) atoms. The van der Waals surface area contributed by atoms with Crippen molar-refractivity contribution >= 4 is 0 Å². The lowest BCUT2D eigenvalue weighted by Crippen LogP contribution is -2.37. The maximum Gasteiger partial charge on any atom is 0.123 e. The van der Waals surface area contributed by atoms with Crippen molar-refractivity contribution in [3.63, 3.8) is 0 Å². The van der Waals surface area contributed by atoms with Gasteiger partial charge in [0.05, 0.1) is 12.7 Å². The van der Waals surface area contributed by atoms with Gasteiger partial charge in [-0.1, -0.05) is 12.1 Å². The minimum Gasteiger partial charge on any atom is -0.381 e. The number of hydrogen-bond donors (Lipinski definition) is 0. The monoisotopic (exact) mass is 348 g/mol. The summed E-state index contributed by atoms with van der Waals surface area (Å²) >= 11 is 0. The van der Waals surface area contributed by atoms with Crippen molar-refractivity contribution in [2.45, 2.75) is 25.5 Å². The molecule has 0 aromatic heterocycles. The second-order valence-corrected chi connectivity index (χ2v) is 7.81. The van der Waals surface area contributed by atoms with Crippen LogP contribution >= 0.6 is 0 Å². The lowest BCUT2D eigenvalue weighted by molar-refractivity contribution is 0.0453. The fourth-order valence-electron chi connectivity index (χ4n) is 4.53. The van der Waals surface area contributed by atoms with Crippen molar-refractivity contribution in [3.05, 3.63) is 35.6 Å². The molecule has 0 unspecified atom stereocenters. The van der Waals surface area contributed by atoms with E-state index in [0.717, 1.165) is 64.0 Å². The Kier molecular flexibility index (Phi) is 5.66. The van der Waals surface area contributed by atoms with Crippen molar-refractivity contribution in [3.8, 4) is 0 Å². The molecule has 138 valence electrons. The highest BCUT2D eigenvalue weighted by Gasteiger charge is 2.36. The summed E-state index contributed by atoms with van der Waals surface area (Å²) in [5.74, 6) is 1.19. The van der Waals surface area contributed by atoms with Gasteiger partial charge in [0.25, 0.3) is 0 Å². The average Bonchev–Trinajstić information content (AvgIpc) is 2.87. The summed E-state index contributed by atoms with van der Waals surface area (Å²) in [6.45, 7) is 8.85. The molecule has 0 bridgehead atoms. The summed E-state index contributed by atoms with van der Waals surface area (Å²) in [6.07, 6.45) is 2.71. The van der Waals surface area contributed by atoms with E-state index in [1.165, 1.54) is 25.5 Å². The van der Waals surface area contributed by atoms with E-state index in [4.69, 9.17) is 9.47 Å². The first-order valence-electron chi connectivity index (χ1n) is 9.65. The molecule has 0 radical (unpaired) electrons. The number of hydrogen-bond acceptors (Lipinski definition) is 4. The summed E-state index contributed by atoms with van der Waals surface area (Å²) < 4.78 is 25.0. The predicted octanol–water partition coefficient (Wildman–Crippen LogP) is 2.38. The quantitative estimate of drug-likeness (QED) is 0.834. The number of fused-ring (bicyclic) bond motifs is 1. The van der Waals surface area contributed by atoms with Crippen LogP contribution in [0.15, 0.2) is 24.3 Å². The molecule has 0 spiro atoms. The first-order chi connectivity index (χ1) is 12.3. The molecule has 0 N–H and O–H groups in total. The maximum absolute atomic E-state index is 13.4. The molecule has 0 amide bonds. The Balaban J connectivity index is 1.32. The van der Waals surface area contributed by atoms with Crippen LogP contribution in [-0.2, 0) is 16.0 Å². The van der Waals surface area contributed by atoms with Gasteiger partial charge in [0.1, 0.15) is 5.82 Å². The highest BCUT2D eigenvalue weighted by Crippen LogP contribution is 2.26. The second kappa shape index (κ2) is 8.12. The molecule has 4 rings (SSSR count). The number of nitrogens with zero attached hydrogens (tertiary/aromatic N) is 2. The summed E-state index contributed by atoms with van der Waals surface area (Å²) in [5, 5.41) is 0. The third-order valence-corrected chi connectivity index (χ3v) is 5.84. The molecular weight excluding hydrogens is 319 g/mol. The van der Waals surface area contributed by atoms with E-state index in [1.54, 1.807) is 12.1 Å². The van der Waals surface area contributed by atoms with E-state index in [0.29, 0.717) is 12.0 Å². The van der Waals surface area contributed by atoms with Gasteiger partial charge in [0.2, 0.25) is 0 Å². The summed E-state index contributed by atoms with van der Waals surface area (Å²) in [4.78, 5) is 5.02. The van der Waals surface area contributed by atoms with E-state index in [1.807, 2.05) is 6.07 Å². The molecule has 4 nitrogen and oxygen atoms in total. The van der Waals surface area contributed by atoms with E-state index in [-0.39, 0.29) is 5.82 Å². The van der Waals surface area contributed by atoms with E-state index >= 15 is 0 Å². The minimum absolute atomic E-state index is 0.148. The Morgan fingerprint density at radius 1 is 1.04 bits per heavy atom. The van der Waals surface area contributed by atoms with Gasteiger partial charge in [0.15, 0.2) is 0 Å². The van der Waals surface area contributed by atoms with Gasteiger partial charge in [-0.2, -0.15) is 0 Å². The van der Waals surface area contributed by atoms with Crippen molar-refractivity contribution in [1.82, 2.24) is 9.80 Å². The van der Waals surface area contributed by atoms with Crippen LogP contribution in [0.3, 0.4) is 0 Å². The van der Waals surface area contributed by atoms with Crippen LogP contribution in [0, 0.1) is 17.7 Å². The zero-order valence-electron chi connectivity index (χ0n) is 14.9. The predicted molar refractivity (Wildman–Crippen MR) is 94.9 cm³/mol. The van der Waals surface area contributed by atoms with Gasteiger partial charge < -0.3 is 14.4 Å². The smallest absolute Gasteiger partial charge is 0.123 e. The van der Waals surface area contributed by atoms with E-state index in [2.05, 4.69) is 9.80 Å². The first kappa shape index (κ1) is 17.4. The van der Waals surface area contributed by atoms with Gasteiger partial charge in [-0.15, -0.1) is 0 Å². The minimum atomic E-state index is -0.148. The largest absolute Gasteiger partial charge is 0.381 e. The van der Waals surface area contributed by atoms with Crippen LogP contribution in [0.25, 0.3) is 0 Å². The summed E-state index contributed by atoms with van der Waals surface area (Å²) in [7, 11) is 0. The van der Waals surface area contributed by atoms with Gasteiger partial charge in [0, 0.05) is 58.4 Å². The molecule has 5 heteroatoms. The van der Waals surface area contributed by atoms with E-state index in [9.17, 15) is 4.39 Å². The molecule has 3 heterocycles. The van der Waals surface area contributed by atoms with Gasteiger partial charge in [-0.3, -0.25) is 4.90 Å². The highest BCUT2D eigenvalue weighted by molar-refractivity contribution is 5.16. The number of ether oxygens (including phenoxy) is 2. The molecule has 3 fully saturated rings. The Labute approximate surface area is 149 Å². The number of halogens is 1. The summed E-state index contributed by atoms with van der Waals surface area (Å²) in [6, 6.07) is 6.96. The highest BCUT2D eigenvalue weighted by atomic mass is 19.1. The number of likely N-dealkylation sites (tertiary alicyclic amines) is 1. The van der Waals surface area contributed by atoms with Gasteiger partial charge in [-0.25, -0.2) is 4.39 Å². The molecule has 3 aliphatic rings. The Morgan fingerprint density at radius 2 is 1.88 bits per heavy atom. The normalized spacial score (nSPS) is 29.5. The lowest BCUT2D eigenvalue weighted by atomic mass is 9.98. The second-order valence-electron chi connectivity index (χ2n) is 7.81. The Bertz CT molecular complexity index is 564. The van der Waals surface area contributed by atoms with Crippen LogP contribution in [-0.4, -0.2) is 68.4 Å². The topological polar surface area (TPSA) is 24.9 Å². The van der Waals surface area contributed by atoms with Crippen molar-refractivity contribution < 1.29 is 13.9 Å². The molecule has 0 aliphatic carbocycles. The van der Waals surface area contributed by atoms with Crippen LogP contribution < -0.4 is 0 Å². The Morgan fingerprint density at radius 3 is 2.72 bits per heavy atom. The van der Waals surface area contributed by atoms with Crippen LogP contribution in [0.2, 0.25) is 0 Å². The fourth-order valence-corrected chi connectivity index (χ4v) is 4.53. The number of rotatable bonds is 4. The molecular formula is C20H29FN2O2. The Hall–Kier alpha value is -1.01. The third-order valence-electron chi connectivity index (χ3n) is 5.84. The summed E-state index contributed by atoms with van der Waals surface area (Å²) in [5.41, 5.74) is 1.05. The lowest BCUT2D eigenvalue weighted by Gasteiger charge is -2.30. The zero-order valence-corrected chi connectivity index (χ0v) is 14.9. The van der Waals surface area contributed by atoms with Crippen molar-refractivity contribution in [2.75, 3.05) is 52.5 Å². The fraction of sp³-hybridized carbons (Fsp3) is 0.700. The zero-order chi connectivity index (χ0) is 17.1. The number of benzene rings is 1. The molecule has 0 saturated carbocycles. The SMILES string of the molecule is Fc1cccc(CN2C[C@@H]3CN(CC4CCOCC4)CCO[C@@H]3C2)c1. The van der Waals surface area contributed by atoms with Crippen LogP contribution in [0.5, 0.6) is 0 Å².